The summed E-state index contributed by atoms with van der Waals surface area (Å²) in [6.07, 6.45) is -4.35. The van der Waals surface area contributed by atoms with Crippen LogP contribution in [0.5, 0.6) is 11.5 Å². The topological polar surface area (TPSA) is 53.7 Å². The summed E-state index contributed by atoms with van der Waals surface area (Å²) in [7, 11) is 2.96. The Bertz CT molecular complexity index is 410. The van der Waals surface area contributed by atoms with Gasteiger partial charge in [-0.2, -0.15) is 13.2 Å². The maximum Gasteiger partial charge on any atom is 0.411 e. The lowest BCUT2D eigenvalue weighted by Gasteiger charge is -2.15. The number of alkyl halides is 3. The van der Waals surface area contributed by atoms with E-state index in [4.69, 9.17) is 15.2 Å². The Morgan fingerprint density at radius 2 is 1.79 bits per heavy atom. The Morgan fingerprint density at radius 3 is 2.32 bits per heavy atom. The lowest BCUT2D eigenvalue weighted by molar-refractivity contribution is -0.174. The third kappa shape index (κ3) is 4.96. The van der Waals surface area contributed by atoms with Crippen molar-refractivity contribution >= 4 is 0 Å². The Labute approximate surface area is 109 Å². The Kier molecular flexibility index (Phi) is 5.44. The molecule has 0 aromatic heterocycles. The minimum absolute atomic E-state index is 0.227. The minimum atomic E-state index is -4.35. The fraction of sp³-hybridized carbons (Fsp3) is 0.500. The second-order valence-electron chi connectivity index (χ2n) is 3.85. The van der Waals surface area contributed by atoms with Crippen molar-refractivity contribution in [3.8, 4) is 11.5 Å². The molecule has 0 saturated heterocycles. The average Bonchev–Trinajstić information content (AvgIpc) is 2.36. The zero-order chi connectivity index (χ0) is 14.5. The summed E-state index contributed by atoms with van der Waals surface area (Å²) in [6, 6.07) is 4.24. The van der Waals surface area contributed by atoms with Crippen LogP contribution >= 0.6 is 0 Å². The Morgan fingerprint density at radius 1 is 1.16 bits per heavy atom. The lowest BCUT2D eigenvalue weighted by Crippen LogP contribution is -2.23. The van der Waals surface area contributed by atoms with E-state index in [1.54, 1.807) is 18.2 Å². The zero-order valence-electron chi connectivity index (χ0n) is 10.7. The van der Waals surface area contributed by atoms with E-state index >= 15 is 0 Å². The molecule has 1 aromatic rings. The van der Waals surface area contributed by atoms with Crippen LogP contribution in [-0.4, -0.2) is 33.6 Å². The predicted molar refractivity (Wildman–Crippen MR) is 63.3 cm³/mol. The van der Waals surface area contributed by atoms with Crippen LogP contribution in [-0.2, 0) is 4.74 Å². The molecule has 7 heteroatoms. The molecule has 1 unspecified atom stereocenters. The molecule has 0 aliphatic rings. The summed E-state index contributed by atoms with van der Waals surface area (Å²) < 4.78 is 50.4. The molecule has 1 atom stereocenters. The summed E-state index contributed by atoms with van der Waals surface area (Å²) in [6.45, 7) is -1.54. The molecule has 0 bridgehead atoms. The Hall–Kier alpha value is -1.47. The highest BCUT2D eigenvalue weighted by molar-refractivity contribution is 5.43. The number of rotatable bonds is 6. The van der Waals surface area contributed by atoms with Gasteiger partial charge in [0, 0.05) is 0 Å². The van der Waals surface area contributed by atoms with E-state index in [1.807, 2.05) is 0 Å². The number of hydrogen-bond acceptors (Lipinski definition) is 4. The van der Waals surface area contributed by atoms with Crippen LogP contribution in [0.2, 0.25) is 0 Å². The molecule has 19 heavy (non-hydrogen) atoms. The van der Waals surface area contributed by atoms with Crippen molar-refractivity contribution in [2.75, 3.05) is 27.4 Å². The average molecular weight is 279 g/mol. The molecular formula is C12H16F3NO3. The number of hydrogen-bond donors (Lipinski definition) is 1. The smallest absolute Gasteiger partial charge is 0.411 e. The summed E-state index contributed by atoms with van der Waals surface area (Å²) >= 11 is 0. The van der Waals surface area contributed by atoms with Gasteiger partial charge in [-0.25, -0.2) is 0 Å². The molecule has 0 spiro atoms. The van der Waals surface area contributed by atoms with E-state index in [0.717, 1.165) is 0 Å². The van der Waals surface area contributed by atoms with Crippen molar-refractivity contribution in [1.29, 1.82) is 0 Å². The van der Waals surface area contributed by atoms with Gasteiger partial charge in [0.2, 0.25) is 0 Å². The maximum absolute atomic E-state index is 11.9. The highest BCUT2D eigenvalue weighted by Gasteiger charge is 2.27. The van der Waals surface area contributed by atoms with Crippen molar-refractivity contribution in [2.45, 2.75) is 12.2 Å². The van der Waals surface area contributed by atoms with Gasteiger partial charge >= 0.3 is 6.18 Å². The quantitative estimate of drug-likeness (QED) is 0.868. The Balaban J connectivity index is 2.64. The normalized spacial score (nSPS) is 13.2. The van der Waals surface area contributed by atoms with Gasteiger partial charge in [0.15, 0.2) is 11.5 Å². The standard InChI is InChI=1S/C12H16F3NO3/c1-17-10-4-3-8(5-11(10)18-2)9(16)6-19-7-12(13,14)15/h3-5,9H,6-7,16H2,1-2H3. The van der Waals surface area contributed by atoms with Crippen LogP contribution in [0.1, 0.15) is 11.6 Å². The highest BCUT2D eigenvalue weighted by Crippen LogP contribution is 2.29. The third-order valence-electron chi connectivity index (χ3n) is 2.40. The first kappa shape index (κ1) is 15.6. The van der Waals surface area contributed by atoms with Crippen LogP contribution in [0.25, 0.3) is 0 Å². The van der Waals surface area contributed by atoms with E-state index in [-0.39, 0.29) is 6.61 Å². The summed E-state index contributed by atoms with van der Waals surface area (Å²) in [5.74, 6) is 0.987. The molecule has 4 nitrogen and oxygen atoms in total. The van der Waals surface area contributed by atoms with Crippen molar-refractivity contribution < 1.29 is 27.4 Å². The van der Waals surface area contributed by atoms with E-state index in [2.05, 4.69) is 4.74 Å². The second kappa shape index (κ2) is 6.63. The molecule has 0 aliphatic carbocycles. The van der Waals surface area contributed by atoms with Gasteiger partial charge in [0.25, 0.3) is 0 Å². The van der Waals surface area contributed by atoms with Gasteiger partial charge in [0.05, 0.1) is 26.9 Å². The molecule has 0 heterocycles. The van der Waals surface area contributed by atoms with E-state index in [1.165, 1.54) is 14.2 Å². The van der Waals surface area contributed by atoms with Crippen LogP contribution < -0.4 is 15.2 Å². The maximum atomic E-state index is 11.9. The number of benzene rings is 1. The first-order chi connectivity index (χ1) is 8.87. The first-order valence-electron chi connectivity index (χ1n) is 5.49. The van der Waals surface area contributed by atoms with Gasteiger partial charge in [-0.1, -0.05) is 6.07 Å². The predicted octanol–water partition coefficient (Wildman–Crippen LogP) is 2.28. The van der Waals surface area contributed by atoms with Crippen molar-refractivity contribution in [2.24, 2.45) is 5.73 Å². The van der Waals surface area contributed by atoms with Gasteiger partial charge in [-0.3, -0.25) is 0 Å². The van der Waals surface area contributed by atoms with Crippen molar-refractivity contribution in [1.82, 2.24) is 0 Å². The molecule has 0 saturated carbocycles. The second-order valence-corrected chi connectivity index (χ2v) is 3.85. The highest BCUT2D eigenvalue weighted by atomic mass is 19.4. The van der Waals surface area contributed by atoms with Crippen molar-refractivity contribution in [3.63, 3.8) is 0 Å². The van der Waals surface area contributed by atoms with Gasteiger partial charge in [-0.05, 0) is 17.7 Å². The largest absolute Gasteiger partial charge is 0.493 e. The van der Waals surface area contributed by atoms with Crippen LogP contribution in [0.3, 0.4) is 0 Å². The summed E-state index contributed by atoms with van der Waals surface area (Å²) in [5.41, 5.74) is 6.36. The van der Waals surface area contributed by atoms with Gasteiger partial charge in [-0.15, -0.1) is 0 Å². The SMILES string of the molecule is COc1ccc(C(N)COCC(F)(F)F)cc1OC. The fourth-order valence-corrected chi connectivity index (χ4v) is 1.48. The van der Waals surface area contributed by atoms with E-state index in [0.29, 0.717) is 17.1 Å². The number of ether oxygens (including phenoxy) is 3. The van der Waals surface area contributed by atoms with Crippen LogP contribution in [0, 0.1) is 0 Å². The lowest BCUT2D eigenvalue weighted by atomic mass is 10.1. The monoisotopic (exact) mass is 279 g/mol. The van der Waals surface area contributed by atoms with Crippen molar-refractivity contribution in [3.05, 3.63) is 23.8 Å². The molecule has 2 N–H and O–H groups in total. The molecule has 1 aromatic carbocycles. The minimum Gasteiger partial charge on any atom is -0.493 e. The number of halogens is 3. The molecule has 0 amide bonds. The van der Waals surface area contributed by atoms with E-state index < -0.39 is 18.8 Å². The van der Waals surface area contributed by atoms with E-state index in [9.17, 15) is 13.2 Å². The molecular weight excluding hydrogens is 263 g/mol. The molecule has 0 aliphatic heterocycles. The number of methoxy groups -OCH3 is 2. The fourth-order valence-electron chi connectivity index (χ4n) is 1.48. The zero-order valence-corrected chi connectivity index (χ0v) is 10.7. The van der Waals surface area contributed by atoms with Crippen LogP contribution in [0.15, 0.2) is 18.2 Å². The van der Waals surface area contributed by atoms with Crippen LogP contribution in [0.4, 0.5) is 13.2 Å². The van der Waals surface area contributed by atoms with Gasteiger partial charge < -0.3 is 19.9 Å². The molecule has 1 rings (SSSR count). The molecule has 0 radical (unpaired) electrons. The summed E-state index contributed by atoms with van der Waals surface area (Å²) in [5, 5.41) is 0. The third-order valence-corrected chi connectivity index (χ3v) is 2.40. The first-order valence-corrected chi connectivity index (χ1v) is 5.49. The summed E-state index contributed by atoms with van der Waals surface area (Å²) in [4.78, 5) is 0. The number of nitrogens with two attached hydrogens (primary N) is 1. The van der Waals surface area contributed by atoms with Gasteiger partial charge in [0.1, 0.15) is 6.61 Å². The molecule has 108 valence electrons. The molecule has 0 fully saturated rings.